The van der Waals surface area contributed by atoms with Crippen molar-refractivity contribution in [1.82, 2.24) is 0 Å². The number of Topliss-reactive ketones (excluding diaryl/α,β-unsaturated/α-hetero) is 2. The van der Waals surface area contributed by atoms with E-state index in [1.807, 2.05) is 0 Å². The number of hydrogen-bond acceptors (Lipinski definition) is 5. The molecule has 0 heterocycles. The molecule has 0 saturated heterocycles. The summed E-state index contributed by atoms with van der Waals surface area (Å²) < 4.78 is 0. The number of fused-ring (bicyclic) bond motifs is 1. The molecule has 0 radical (unpaired) electrons. The smallest absolute Gasteiger partial charge is 0.221 e. The zero-order valence-corrected chi connectivity index (χ0v) is 7.77. The van der Waals surface area contributed by atoms with Crippen molar-refractivity contribution in [3.8, 4) is 0 Å². The number of nitroso groups, excluding NO2 is 1. The molecule has 0 amide bonds. The molecule has 0 fully saturated rings. The Kier molecular flexibility index (Phi) is 1.97. The third-order valence-corrected chi connectivity index (χ3v) is 2.46. The fraction of sp³-hybridized carbons (Fsp3) is 0.200. The number of hydrogen-bond donors (Lipinski definition) is 1. The molecular weight excluding hydrogens is 196 g/mol. The van der Waals surface area contributed by atoms with Crippen LogP contribution in [0.1, 0.15) is 27.1 Å². The number of carbonyl (C=O) groups excluding carboxylic acids is 2. The van der Waals surface area contributed by atoms with E-state index < -0.39 is 11.4 Å². The summed E-state index contributed by atoms with van der Waals surface area (Å²) in [5.74, 6) is -0.917. The second-order valence-corrected chi connectivity index (χ2v) is 3.49. The van der Waals surface area contributed by atoms with E-state index in [2.05, 4.69) is 5.18 Å². The van der Waals surface area contributed by atoms with Gasteiger partial charge in [-0.05, 0) is 5.18 Å². The number of ketones is 2. The first-order valence-electron chi connectivity index (χ1n) is 4.39. The summed E-state index contributed by atoms with van der Waals surface area (Å²) in [5.41, 5.74) is 4.02. The summed E-state index contributed by atoms with van der Waals surface area (Å²) in [6.07, 6.45) is -0.355. The highest BCUT2D eigenvalue weighted by Gasteiger charge is 2.44. The number of nitrogens with zero attached hydrogens (tertiary/aromatic N) is 1. The van der Waals surface area contributed by atoms with Gasteiger partial charge in [0.15, 0.2) is 5.78 Å². The first kappa shape index (κ1) is 9.67. The molecule has 76 valence electrons. The molecular formula is C10H8N2O3. The van der Waals surface area contributed by atoms with E-state index in [0.29, 0.717) is 5.56 Å². The highest BCUT2D eigenvalue weighted by molar-refractivity contribution is 6.18. The topological polar surface area (TPSA) is 89.6 Å². The minimum absolute atomic E-state index is 0.177. The van der Waals surface area contributed by atoms with Gasteiger partial charge < -0.3 is 0 Å². The SMILES string of the molecule is NC1(N=O)CC(=O)c2ccccc2C1=O. The second kappa shape index (κ2) is 3.06. The van der Waals surface area contributed by atoms with Crippen LogP contribution in [0.4, 0.5) is 0 Å². The Balaban J connectivity index is 2.63. The van der Waals surface area contributed by atoms with Crippen LogP contribution in [-0.4, -0.2) is 17.2 Å². The maximum atomic E-state index is 11.7. The van der Waals surface area contributed by atoms with E-state index in [9.17, 15) is 14.5 Å². The predicted octanol–water partition coefficient (Wildman–Crippen LogP) is 0.877. The fourth-order valence-corrected chi connectivity index (χ4v) is 1.65. The second-order valence-electron chi connectivity index (χ2n) is 3.49. The van der Waals surface area contributed by atoms with Gasteiger partial charge >= 0.3 is 0 Å². The number of carbonyl (C=O) groups is 2. The molecule has 15 heavy (non-hydrogen) atoms. The summed E-state index contributed by atoms with van der Waals surface area (Å²) in [7, 11) is 0. The van der Waals surface area contributed by atoms with Crippen LogP contribution >= 0.6 is 0 Å². The quantitative estimate of drug-likeness (QED) is 0.687. The molecule has 1 aromatic carbocycles. The molecule has 5 nitrogen and oxygen atoms in total. The summed E-state index contributed by atoms with van der Waals surface area (Å²) in [4.78, 5) is 33.8. The Hall–Kier alpha value is -1.88. The van der Waals surface area contributed by atoms with Gasteiger partial charge in [-0.1, -0.05) is 24.3 Å². The Morgan fingerprint density at radius 3 is 2.40 bits per heavy atom. The van der Waals surface area contributed by atoms with Crippen LogP contribution < -0.4 is 5.73 Å². The van der Waals surface area contributed by atoms with Crippen molar-refractivity contribution in [2.24, 2.45) is 10.9 Å². The molecule has 0 spiro atoms. The lowest BCUT2D eigenvalue weighted by Gasteiger charge is -2.25. The average molecular weight is 204 g/mol. The molecule has 1 aliphatic carbocycles. The zero-order valence-electron chi connectivity index (χ0n) is 7.77. The molecule has 0 saturated carbocycles. The predicted molar refractivity (Wildman–Crippen MR) is 52.4 cm³/mol. The van der Waals surface area contributed by atoms with E-state index in [4.69, 9.17) is 5.73 Å². The lowest BCUT2D eigenvalue weighted by atomic mass is 9.82. The maximum absolute atomic E-state index is 11.7. The Bertz CT molecular complexity index is 469. The molecule has 1 aromatic rings. The Labute approximate surface area is 85.2 Å². The van der Waals surface area contributed by atoms with Crippen molar-refractivity contribution in [3.05, 3.63) is 40.3 Å². The van der Waals surface area contributed by atoms with E-state index >= 15 is 0 Å². The normalized spacial score (nSPS) is 24.9. The molecule has 1 aliphatic rings. The molecule has 2 N–H and O–H groups in total. The van der Waals surface area contributed by atoms with E-state index in [1.165, 1.54) is 6.07 Å². The van der Waals surface area contributed by atoms with Crippen LogP contribution in [0.25, 0.3) is 0 Å². The van der Waals surface area contributed by atoms with Gasteiger partial charge in [0.1, 0.15) is 0 Å². The van der Waals surface area contributed by atoms with Crippen molar-refractivity contribution in [1.29, 1.82) is 0 Å². The van der Waals surface area contributed by atoms with Crippen LogP contribution in [0, 0.1) is 4.91 Å². The van der Waals surface area contributed by atoms with E-state index in [1.54, 1.807) is 18.2 Å². The van der Waals surface area contributed by atoms with Gasteiger partial charge in [-0.3, -0.25) is 15.3 Å². The van der Waals surface area contributed by atoms with Crippen molar-refractivity contribution in [2.75, 3.05) is 0 Å². The van der Waals surface area contributed by atoms with Gasteiger partial charge in [0.2, 0.25) is 11.4 Å². The number of nitrogens with two attached hydrogens (primary N) is 1. The maximum Gasteiger partial charge on any atom is 0.221 e. The van der Waals surface area contributed by atoms with Crippen molar-refractivity contribution in [3.63, 3.8) is 0 Å². The van der Waals surface area contributed by atoms with Crippen molar-refractivity contribution < 1.29 is 9.59 Å². The van der Waals surface area contributed by atoms with E-state index in [-0.39, 0.29) is 17.8 Å². The van der Waals surface area contributed by atoms with Gasteiger partial charge in [0.05, 0.1) is 6.42 Å². The third kappa shape index (κ3) is 1.28. The van der Waals surface area contributed by atoms with Crippen LogP contribution in [-0.2, 0) is 0 Å². The fourth-order valence-electron chi connectivity index (χ4n) is 1.65. The van der Waals surface area contributed by atoms with Gasteiger partial charge in [-0.2, -0.15) is 0 Å². The summed E-state index contributed by atoms with van der Waals surface area (Å²) in [5, 5.41) is 2.57. The lowest BCUT2D eigenvalue weighted by Crippen LogP contribution is -2.50. The highest BCUT2D eigenvalue weighted by atomic mass is 16.3. The van der Waals surface area contributed by atoms with Crippen LogP contribution in [0.15, 0.2) is 29.4 Å². The summed E-state index contributed by atoms with van der Waals surface area (Å²) in [6, 6.07) is 6.28. The summed E-state index contributed by atoms with van der Waals surface area (Å²) in [6.45, 7) is 0. The number of benzene rings is 1. The van der Waals surface area contributed by atoms with Crippen LogP contribution in [0.3, 0.4) is 0 Å². The first-order chi connectivity index (χ1) is 7.08. The molecule has 1 unspecified atom stereocenters. The van der Waals surface area contributed by atoms with Crippen molar-refractivity contribution in [2.45, 2.75) is 12.1 Å². The summed E-state index contributed by atoms with van der Waals surface area (Å²) >= 11 is 0. The molecule has 1 atom stereocenters. The molecule has 2 rings (SSSR count). The molecule has 0 aliphatic heterocycles. The number of rotatable bonds is 1. The average Bonchev–Trinajstić information content (AvgIpc) is 2.26. The Morgan fingerprint density at radius 2 is 1.80 bits per heavy atom. The minimum Gasteiger partial charge on any atom is -0.297 e. The lowest BCUT2D eigenvalue weighted by molar-refractivity contribution is 0.0796. The highest BCUT2D eigenvalue weighted by Crippen LogP contribution is 2.27. The van der Waals surface area contributed by atoms with Gasteiger partial charge in [0.25, 0.3) is 0 Å². The van der Waals surface area contributed by atoms with Crippen LogP contribution in [0.2, 0.25) is 0 Å². The molecule has 5 heteroatoms. The largest absolute Gasteiger partial charge is 0.297 e. The Morgan fingerprint density at radius 1 is 1.20 bits per heavy atom. The van der Waals surface area contributed by atoms with Gasteiger partial charge in [0, 0.05) is 11.1 Å². The first-order valence-corrected chi connectivity index (χ1v) is 4.39. The molecule has 0 bridgehead atoms. The van der Waals surface area contributed by atoms with Crippen molar-refractivity contribution >= 4 is 11.6 Å². The minimum atomic E-state index is -1.93. The zero-order chi connectivity index (χ0) is 11.1. The van der Waals surface area contributed by atoms with E-state index in [0.717, 1.165) is 0 Å². The monoisotopic (exact) mass is 204 g/mol. The molecule has 0 aromatic heterocycles. The van der Waals surface area contributed by atoms with Crippen LogP contribution in [0.5, 0.6) is 0 Å². The van der Waals surface area contributed by atoms with Gasteiger partial charge in [-0.15, -0.1) is 4.91 Å². The standard InChI is InChI=1S/C10H8N2O3/c11-10(12-15)5-8(13)6-3-1-2-4-7(6)9(10)14/h1-4H,5,11H2. The van der Waals surface area contributed by atoms with Gasteiger partial charge in [-0.25, -0.2) is 0 Å². The third-order valence-electron chi connectivity index (χ3n) is 2.46.